The number of rotatable bonds is 28. The molecule has 0 bridgehead atoms. The molecule has 4 fully saturated rings. The molecule has 3 saturated heterocycles. The van der Waals surface area contributed by atoms with Gasteiger partial charge in [0.15, 0.2) is 0 Å². The Morgan fingerprint density at radius 2 is 0.647 bits per heavy atom. The lowest BCUT2D eigenvalue weighted by Crippen LogP contribution is -2.21. The van der Waals surface area contributed by atoms with Gasteiger partial charge in [0.1, 0.15) is 132 Å². The second kappa shape index (κ2) is 44.0. The molecule has 730 valence electrons. The van der Waals surface area contributed by atoms with Crippen LogP contribution in [0, 0.1) is 62.8 Å². The zero-order valence-corrected chi connectivity index (χ0v) is 80.6. The van der Waals surface area contributed by atoms with Crippen molar-refractivity contribution >= 4 is 106 Å². The minimum atomic E-state index is -4.43. The second-order valence-corrected chi connectivity index (χ2v) is 40.1. The van der Waals surface area contributed by atoms with E-state index in [1.165, 1.54) is 78.5 Å². The molecule has 0 unspecified atom stereocenters. The molecule has 1 saturated carbocycles. The zero-order valence-electron chi connectivity index (χ0n) is 77.3. The van der Waals surface area contributed by atoms with Gasteiger partial charge in [0.25, 0.3) is 20.0 Å². The van der Waals surface area contributed by atoms with Crippen molar-refractivity contribution in [3.05, 3.63) is 205 Å². The smallest absolute Gasteiger partial charge is 0.264 e. The van der Waals surface area contributed by atoms with Crippen molar-refractivity contribution in [2.45, 2.75) is 114 Å². The number of anilines is 4. The molecule has 8 aromatic heterocycles. The molecule has 1 aliphatic carbocycles. The van der Waals surface area contributed by atoms with Gasteiger partial charge in [0.2, 0.25) is 43.6 Å². The van der Waals surface area contributed by atoms with Crippen molar-refractivity contribution in [2.75, 3.05) is 113 Å². The minimum absolute atomic E-state index is 0.00963. The summed E-state index contributed by atoms with van der Waals surface area (Å²) >= 11 is 0. The summed E-state index contributed by atoms with van der Waals surface area (Å²) in [4.78, 5) is 50.6. The highest BCUT2D eigenvalue weighted by molar-refractivity contribution is 7.93. The van der Waals surface area contributed by atoms with E-state index in [2.05, 4.69) is 78.7 Å². The van der Waals surface area contributed by atoms with Crippen molar-refractivity contribution in [1.82, 2.24) is 59.8 Å². The van der Waals surface area contributed by atoms with Crippen LogP contribution in [-0.4, -0.2) is 199 Å². The Morgan fingerprint density at radius 1 is 0.338 bits per heavy atom. The lowest BCUT2D eigenvalue weighted by Gasteiger charge is -2.24. The second-order valence-electron chi connectivity index (χ2n) is 33.3. The van der Waals surface area contributed by atoms with E-state index < -0.39 is 73.2 Å². The topological polar surface area (TPSA) is 441 Å². The molecule has 139 heavy (non-hydrogen) atoms. The summed E-state index contributed by atoms with van der Waals surface area (Å²) in [5, 5.41) is 3.27. The summed E-state index contributed by atoms with van der Waals surface area (Å²) in [7, 11) is -10.3. The Morgan fingerprint density at radius 3 is 0.957 bits per heavy atom. The monoisotopic (exact) mass is 1980 g/mol. The standard InChI is InChI=1S/C27H26F2N4O5S.C27H26F2N4O4S.C22H26N4O5S.C20H22N4O5S/c1-16-21-9-18(11-24(26(21)32-15-31-16)38-14-17-5-7-37-8-6-17)19-10-23(27(36-2)30-13-19)33-39(34,35)25-4-3-20(28)12-22(25)29;1-16-21-10-17(12-24(26(21)32-15-31-16)37-20-6-4-3-5-7-20)18-11-23(27(36-2)30-14-18)33-38(34,35)25-9-8-19(28)13-22(25)29;1-14-18-8-16(17-9-19(26-32(3,27)28)22(29-2)23-11-17)10-20(21(18)25-13-24-14)31-12-15-4-6-30-7-5-15;1-12-16-6-13(14-7-17(24-30(3,25)26)20(27-2)21-9-14)8-18(19(16)23-11-22-12)29-15-4-5-28-10-15/h3-4,9-13,15,17,33H,5-8,14H2,1-2H3;8-15,20,33H,3-7H2,1-2H3;8-11,13,15,26H,4-7,12H2,1-3H3;6-9,11,15,24H,4-5,10H2,1-3H3/t;;;15-/m...0/s1. The van der Waals surface area contributed by atoms with Crippen molar-refractivity contribution < 1.29 is 103 Å². The summed E-state index contributed by atoms with van der Waals surface area (Å²) in [6, 6.07) is 26.0. The maximum absolute atomic E-state index is 14.3. The number of halogens is 4. The minimum Gasteiger partial charge on any atom is -0.491 e. The number of hydrogen-bond acceptors (Lipinski definition) is 31. The summed E-state index contributed by atoms with van der Waals surface area (Å²) in [5.41, 5.74) is 11.9. The molecule has 0 radical (unpaired) electrons. The Bertz CT molecular complexity index is 7380. The summed E-state index contributed by atoms with van der Waals surface area (Å²) in [6.45, 7) is 12.7. The molecule has 0 amide bonds. The Hall–Kier alpha value is -13.7. The van der Waals surface area contributed by atoms with Gasteiger partial charge in [0.05, 0.1) is 73.5 Å². The zero-order chi connectivity index (χ0) is 98.5. The molecule has 14 aromatic rings. The summed E-state index contributed by atoms with van der Waals surface area (Å²) in [6.07, 6.45) is 24.4. The van der Waals surface area contributed by atoms with Crippen molar-refractivity contribution in [2.24, 2.45) is 11.8 Å². The number of ether oxygens (including phenoxy) is 11. The Labute approximate surface area is 799 Å². The van der Waals surface area contributed by atoms with Crippen LogP contribution >= 0.6 is 0 Å². The van der Waals surface area contributed by atoms with E-state index in [1.807, 2.05) is 76.2 Å². The molecule has 3 aliphatic heterocycles. The van der Waals surface area contributed by atoms with E-state index in [0.717, 1.165) is 169 Å². The van der Waals surface area contributed by atoms with E-state index in [4.69, 9.17) is 52.1 Å². The third kappa shape index (κ3) is 24.9. The first-order valence-electron chi connectivity index (χ1n) is 44.1. The molecule has 4 aliphatic rings. The maximum Gasteiger partial charge on any atom is 0.264 e. The van der Waals surface area contributed by atoms with Gasteiger partial charge in [-0.3, -0.25) is 18.9 Å². The predicted molar refractivity (Wildman–Crippen MR) is 513 cm³/mol. The number of methoxy groups -OCH3 is 4. The lowest BCUT2D eigenvalue weighted by molar-refractivity contribution is 0.0499. The highest BCUT2D eigenvalue weighted by atomic mass is 32.2. The summed E-state index contributed by atoms with van der Waals surface area (Å²) in [5.74, 6) is -0.638. The van der Waals surface area contributed by atoms with Crippen LogP contribution in [0.3, 0.4) is 0 Å². The highest BCUT2D eigenvalue weighted by Crippen LogP contribution is 2.43. The average molecular weight is 1990 g/mol. The van der Waals surface area contributed by atoms with E-state index in [9.17, 15) is 51.2 Å². The Balaban J connectivity index is 0.000000141. The van der Waals surface area contributed by atoms with Crippen LogP contribution in [0.15, 0.2) is 169 Å². The number of nitrogens with zero attached hydrogens (tertiary/aromatic N) is 12. The van der Waals surface area contributed by atoms with Crippen LogP contribution in [-0.2, 0) is 54.3 Å². The van der Waals surface area contributed by atoms with Gasteiger partial charge in [-0.2, -0.15) is 0 Å². The fraction of sp³-hybridized carbons (Fsp3) is 0.333. The largest absolute Gasteiger partial charge is 0.491 e. The molecule has 6 aromatic carbocycles. The first-order valence-corrected chi connectivity index (χ1v) is 50.8. The SMILES string of the molecule is COc1ncc(-c2cc(OC3CCCCC3)c3ncnc(C)c3c2)cc1NS(=O)(=O)c1ccc(F)cc1F.COc1ncc(-c2cc(OCC3CCOCC3)c3ncnc(C)c3c2)cc1NS(=O)(=O)c1ccc(F)cc1F.COc1ncc(-c2cc(OCC3CCOCC3)c3ncnc(C)c3c2)cc1NS(C)(=O)=O.COc1ncc(-c2cc(O[C@H]3CCOC3)c3ncnc(C)c3c2)cc1NS(C)(=O)=O. The molecule has 43 heteroatoms. The third-order valence-electron chi connectivity index (χ3n) is 23.2. The number of aryl methyl sites for hydroxylation is 4. The number of pyridine rings is 4. The van der Waals surface area contributed by atoms with E-state index in [0.29, 0.717) is 137 Å². The third-order valence-corrected chi connectivity index (χ3v) is 27.2. The number of fused-ring (bicyclic) bond motifs is 4. The molecular weight excluding hydrogens is 1890 g/mol. The molecule has 35 nitrogen and oxygen atoms in total. The quantitative estimate of drug-likeness (QED) is 0.0331. The lowest BCUT2D eigenvalue weighted by atomic mass is 9.97. The molecule has 1 atom stereocenters. The van der Waals surface area contributed by atoms with E-state index in [1.54, 1.807) is 30.7 Å². The van der Waals surface area contributed by atoms with E-state index >= 15 is 0 Å². The van der Waals surface area contributed by atoms with Crippen LogP contribution in [0.2, 0.25) is 0 Å². The molecule has 4 N–H and O–H groups in total. The van der Waals surface area contributed by atoms with Gasteiger partial charge >= 0.3 is 0 Å². The van der Waals surface area contributed by atoms with Gasteiger partial charge in [0, 0.05) is 136 Å². The van der Waals surface area contributed by atoms with Gasteiger partial charge < -0.3 is 52.1 Å². The normalized spacial score (nSPS) is 15.0. The summed E-state index contributed by atoms with van der Waals surface area (Å²) < 4.78 is 226. The molecule has 18 rings (SSSR count). The van der Waals surface area contributed by atoms with Gasteiger partial charge in [-0.15, -0.1) is 0 Å². The number of benzene rings is 6. The number of nitrogens with one attached hydrogen (secondary N) is 4. The van der Waals surface area contributed by atoms with Crippen molar-refractivity contribution in [3.63, 3.8) is 0 Å². The van der Waals surface area contributed by atoms with Crippen LogP contribution in [0.1, 0.15) is 87.0 Å². The number of hydrogen-bond donors (Lipinski definition) is 4. The fourth-order valence-corrected chi connectivity index (χ4v) is 19.4. The molecule has 11 heterocycles. The van der Waals surface area contributed by atoms with Gasteiger partial charge in [-0.05, 0) is 210 Å². The maximum atomic E-state index is 14.3. The van der Waals surface area contributed by atoms with Crippen LogP contribution in [0.5, 0.6) is 46.5 Å². The molecule has 0 spiro atoms. The Kier molecular flexibility index (Phi) is 31.5. The van der Waals surface area contributed by atoms with Crippen LogP contribution in [0.4, 0.5) is 40.3 Å². The average Bonchev–Trinajstić information content (AvgIpc) is 1.07. The first-order chi connectivity index (χ1) is 66.7. The molecular formula is C96H100F4N16O19S4. The number of sulfonamides is 4. The van der Waals surface area contributed by atoms with Crippen LogP contribution < -0.4 is 56.8 Å². The van der Waals surface area contributed by atoms with E-state index in [-0.39, 0.29) is 58.5 Å². The highest BCUT2D eigenvalue weighted by Gasteiger charge is 2.30. The number of aromatic nitrogens is 12. The van der Waals surface area contributed by atoms with Gasteiger partial charge in [-0.25, -0.2) is 111 Å². The van der Waals surface area contributed by atoms with Crippen molar-refractivity contribution in [1.29, 1.82) is 0 Å². The fourth-order valence-electron chi connectivity index (χ4n) is 16.1. The van der Waals surface area contributed by atoms with Gasteiger partial charge in [-0.1, -0.05) is 6.42 Å². The predicted octanol–water partition coefficient (Wildman–Crippen LogP) is 16.4. The first kappa shape index (κ1) is 99.7. The van der Waals surface area contributed by atoms with Crippen molar-refractivity contribution in [3.8, 4) is 91.0 Å². The van der Waals surface area contributed by atoms with Crippen LogP contribution in [0.25, 0.3) is 88.1 Å².